The van der Waals surface area contributed by atoms with Crippen LogP contribution >= 0.6 is 15.9 Å². The van der Waals surface area contributed by atoms with E-state index >= 15 is 0 Å². The van der Waals surface area contributed by atoms with Gasteiger partial charge in [-0.05, 0) is 61.2 Å². The number of hydrogen-bond donors (Lipinski definition) is 1. The summed E-state index contributed by atoms with van der Waals surface area (Å²) in [6, 6.07) is 14.4. The monoisotopic (exact) mass is 427 g/mol. The SMILES string of the molecule is COc1ccc2c(c1)c(C1(CC(=O)O)CC1)c(C)n2Cc1ccc(Br)cc1. The molecular weight excluding hydrogens is 406 g/mol. The van der Waals surface area contributed by atoms with E-state index in [0.717, 1.165) is 46.2 Å². The summed E-state index contributed by atoms with van der Waals surface area (Å²) in [5, 5.41) is 10.6. The molecule has 0 unspecified atom stereocenters. The van der Waals surface area contributed by atoms with Crippen molar-refractivity contribution in [1.82, 2.24) is 4.57 Å². The van der Waals surface area contributed by atoms with Crippen molar-refractivity contribution in [2.24, 2.45) is 0 Å². The fourth-order valence-electron chi connectivity index (χ4n) is 4.19. The molecule has 1 saturated carbocycles. The number of nitrogens with zero attached hydrogens (tertiary/aromatic N) is 1. The van der Waals surface area contributed by atoms with Crippen molar-refractivity contribution in [3.63, 3.8) is 0 Å². The quantitative estimate of drug-likeness (QED) is 0.582. The number of methoxy groups -OCH3 is 1. The molecule has 5 heteroatoms. The number of carbonyl (C=O) groups is 1. The number of aromatic nitrogens is 1. The van der Waals surface area contributed by atoms with E-state index in [1.54, 1.807) is 7.11 Å². The highest BCUT2D eigenvalue weighted by atomic mass is 79.9. The molecule has 0 bridgehead atoms. The van der Waals surface area contributed by atoms with Crippen molar-refractivity contribution in [3.8, 4) is 5.75 Å². The molecule has 140 valence electrons. The molecular formula is C22H22BrNO3. The summed E-state index contributed by atoms with van der Waals surface area (Å²) in [6.07, 6.45) is 2.03. The molecule has 0 atom stereocenters. The predicted octanol–water partition coefficient (Wildman–Crippen LogP) is 5.28. The number of fused-ring (bicyclic) bond motifs is 1. The molecule has 0 radical (unpaired) electrons. The van der Waals surface area contributed by atoms with Gasteiger partial charge in [-0.3, -0.25) is 4.79 Å². The first-order valence-corrected chi connectivity index (χ1v) is 9.86. The molecule has 1 aliphatic carbocycles. The fourth-order valence-corrected chi connectivity index (χ4v) is 4.45. The standard InChI is InChI=1S/C22H22BrNO3/c1-14-21(22(9-10-22)12-20(25)26)18-11-17(27-2)7-8-19(18)24(14)13-15-3-5-16(23)6-4-15/h3-8,11H,9-10,12-13H2,1-2H3,(H,25,26). The Kier molecular flexibility index (Phi) is 4.50. The zero-order chi connectivity index (χ0) is 19.2. The number of rotatable bonds is 6. The molecule has 27 heavy (non-hydrogen) atoms. The van der Waals surface area contributed by atoms with Gasteiger partial charge in [-0.1, -0.05) is 28.1 Å². The van der Waals surface area contributed by atoms with Crippen LogP contribution in [0, 0.1) is 6.92 Å². The smallest absolute Gasteiger partial charge is 0.304 e. The molecule has 1 aromatic heterocycles. The number of benzene rings is 2. The third-order valence-electron chi connectivity index (χ3n) is 5.66. The Hall–Kier alpha value is -2.27. The van der Waals surface area contributed by atoms with Crippen LogP contribution in [0.25, 0.3) is 10.9 Å². The second kappa shape index (κ2) is 6.71. The number of aliphatic carboxylic acids is 1. The third-order valence-corrected chi connectivity index (χ3v) is 6.19. The van der Waals surface area contributed by atoms with Crippen LogP contribution < -0.4 is 4.74 Å². The van der Waals surface area contributed by atoms with Crippen LogP contribution in [0.2, 0.25) is 0 Å². The second-order valence-electron chi connectivity index (χ2n) is 7.41. The summed E-state index contributed by atoms with van der Waals surface area (Å²) in [6.45, 7) is 2.87. The van der Waals surface area contributed by atoms with E-state index in [0.29, 0.717) is 0 Å². The molecule has 1 N–H and O–H groups in total. The van der Waals surface area contributed by atoms with Gasteiger partial charge < -0.3 is 14.4 Å². The zero-order valence-corrected chi connectivity index (χ0v) is 17.0. The van der Waals surface area contributed by atoms with E-state index in [9.17, 15) is 9.90 Å². The fraction of sp³-hybridized carbons (Fsp3) is 0.318. The Labute approximate surface area is 166 Å². The average molecular weight is 428 g/mol. The van der Waals surface area contributed by atoms with E-state index < -0.39 is 5.97 Å². The van der Waals surface area contributed by atoms with Crippen molar-refractivity contribution in [2.75, 3.05) is 7.11 Å². The first kappa shape index (κ1) is 18.1. The van der Waals surface area contributed by atoms with E-state index in [4.69, 9.17) is 4.74 Å². The Morgan fingerprint density at radius 2 is 1.93 bits per heavy atom. The highest BCUT2D eigenvalue weighted by Crippen LogP contribution is 2.55. The molecule has 1 fully saturated rings. The minimum Gasteiger partial charge on any atom is -0.497 e. The third kappa shape index (κ3) is 3.25. The summed E-state index contributed by atoms with van der Waals surface area (Å²) in [7, 11) is 1.66. The lowest BCUT2D eigenvalue weighted by Crippen LogP contribution is -2.14. The van der Waals surface area contributed by atoms with Gasteiger partial charge in [0.15, 0.2) is 0 Å². The number of carboxylic acids is 1. The van der Waals surface area contributed by atoms with Crippen LogP contribution in [0.1, 0.15) is 36.1 Å². The van der Waals surface area contributed by atoms with Crippen LogP contribution in [-0.2, 0) is 16.8 Å². The summed E-state index contributed by atoms with van der Waals surface area (Å²) in [4.78, 5) is 11.5. The minimum absolute atomic E-state index is 0.183. The summed E-state index contributed by atoms with van der Waals surface area (Å²) in [5.41, 5.74) is 4.42. The van der Waals surface area contributed by atoms with Crippen molar-refractivity contribution in [1.29, 1.82) is 0 Å². The zero-order valence-electron chi connectivity index (χ0n) is 15.5. The number of ether oxygens (including phenoxy) is 1. The Morgan fingerprint density at radius 1 is 1.22 bits per heavy atom. The Morgan fingerprint density at radius 3 is 2.52 bits per heavy atom. The van der Waals surface area contributed by atoms with Crippen LogP contribution in [0.3, 0.4) is 0 Å². The van der Waals surface area contributed by atoms with Crippen molar-refractivity contribution in [2.45, 2.75) is 38.1 Å². The first-order chi connectivity index (χ1) is 12.9. The summed E-state index contributed by atoms with van der Waals surface area (Å²) in [5.74, 6) is 0.0688. The number of carboxylic acid groups (broad SMARTS) is 1. The largest absolute Gasteiger partial charge is 0.497 e. The maximum absolute atomic E-state index is 11.5. The summed E-state index contributed by atoms with van der Waals surface area (Å²) >= 11 is 3.49. The Balaban J connectivity index is 1.88. The molecule has 0 saturated heterocycles. The number of hydrogen-bond acceptors (Lipinski definition) is 2. The highest BCUT2D eigenvalue weighted by Gasteiger charge is 2.48. The number of halogens is 1. The predicted molar refractivity (Wildman–Crippen MR) is 110 cm³/mol. The van der Waals surface area contributed by atoms with Crippen LogP contribution in [0.15, 0.2) is 46.9 Å². The van der Waals surface area contributed by atoms with Gasteiger partial charge in [-0.25, -0.2) is 0 Å². The van der Waals surface area contributed by atoms with Crippen molar-refractivity contribution >= 4 is 32.8 Å². The van der Waals surface area contributed by atoms with Gasteiger partial charge in [-0.2, -0.15) is 0 Å². The van der Waals surface area contributed by atoms with Gasteiger partial charge in [0.2, 0.25) is 0 Å². The van der Waals surface area contributed by atoms with Crippen molar-refractivity contribution < 1.29 is 14.6 Å². The normalized spacial score (nSPS) is 15.1. The maximum Gasteiger partial charge on any atom is 0.304 e. The molecule has 0 amide bonds. The van der Waals surface area contributed by atoms with Gasteiger partial charge in [0.05, 0.1) is 13.5 Å². The molecule has 4 nitrogen and oxygen atoms in total. The molecule has 0 spiro atoms. The van der Waals surface area contributed by atoms with Crippen molar-refractivity contribution in [3.05, 3.63) is 63.8 Å². The molecule has 1 heterocycles. The second-order valence-corrected chi connectivity index (χ2v) is 8.32. The van der Waals surface area contributed by atoms with Gasteiger partial charge in [-0.15, -0.1) is 0 Å². The van der Waals surface area contributed by atoms with E-state index in [-0.39, 0.29) is 11.8 Å². The van der Waals surface area contributed by atoms with Crippen LogP contribution in [0.5, 0.6) is 5.75 Å². The van der Waals surface area contributed by atoms with Gasteiger partial charge >= 0.3 is 5.97 Å². The molecule has 3 aromatic rings. The molecule has 0 aliphatic heterocycles. The highest BCUT2D eigenvalue weighted by molar-refractivity contribution is 9.10. The van der Waals surface area contributed by atoms with E-state index in [1.165, 1.54) is 11.1 Å². The Bertz CT molecular complexity index is 1020. The molecule has 2 aromatic carbocycles. The van der Waals surface area contributed by atoms with E-state index in [1.807, 2.05) is 18.2 Å². The minimum atomic E-state index is -0.733. The lowest BCUT2D eigenvalue weighted by Gasteiger charge is -2.15. The van der Waals surface area contributed by atoms with Gasteiger partial charge in [0.25, 0.3) is 0 Å². The molecule has 1 aliphatic rings. The topological polar surface area (TPSA) is 51.5 Å². The maximum atomic E-state index is 11.5. The lowest BCUT2D eigenvalue weighted by molar-refractivity contribution is -0.137. The van der Waals surface area contributed by atoms with Crippen LogP contribution in [0.4, 0.5) is 0 Å². The van der Waals surface area contributed by atoms with E-state index in [2.05, 4.69) is 51.7 Å². The van der Waals surface area contributed by atoms with Gasteiger partial charge in [0, 0.05) is 33.0 Å². The summed E-state index contributed by atoms with van der Waals surface area (Å²) < 4.78 is 8.80. The van der Waals surface area contributed by atoms with Crippen LogP contribution in [-0.4, -0.2) is 22.8 Å². The first-order valence-electron chi connectivity index (χ1n) is 9.07. The lowest BCUT2D eigenvalue weighted by atomic mass is 9.90. The van der Waals surface area contributed by atoms with Gasteiger partial charge in [0.1, 0.15) is 5.75 Å². The average Bonchev–Trinajstić information content (AvgIpc) is 3.34. The molecule has 4 rings (SSSR count).